The molecule has 0 radical (unpaired) electrons. The molecule has 2 aromatic heterocycles. The smallest absolute Gasteiger partial charge is 0.124 e. The molecule has 1 N–H and O–H groups in total. The van der Waals surface area contributed by atoms with Crippen LogP contribution < -0.4 is 0 Å². The molecule has 2 heterocycles. The zero-order chi connectivity index (χ0) is 14.9. The van der Waals surface area contributed by atoms with Gasteiger partial charge in [0.25, 0.3) is 0 Å². The SMILES string of the molecule is CCc1nnc(C)cc1C(O)c1c(Br)cnn1C(C)C. The second kappa shape index (κ2) is 6.01. The minimum atomic E-state index is -0.765. The molecule has 2 rings (SSSR count). The first-order valence-electron chi connectivity index (χ1n) is 6.69. The van der Waals surface area contributed by atoms with Crippen molar-refractivity contribution in [3.05, 3.63) is 39.4 Å². The molecule has 0 spiro atoms. The Kier molecular flexibility index (Phi) is 4.55. The Morgan fingerprint density at radius 2 is 2.05 bits per heavy atom. The van der Waals surface area contributed by atoms with Gasteiger partial charge in [0.05, 0.1) is 27.8 Å². The van der Waals surface area contributed by atoms with Gasteiger partial charge in [-0.15, -0.1) is 0 Å². The Morgan fingerprint density at radius 3 is 2.65 bits per heavy atom. The Bertz CT molecular complexity index is 609. The molecule has 0 aromatic carbocycles. The highest BCUT2D eigenvalue weighted by molar-refractivity contribution is 9.10. The molecule has 0 aliphatic heterocycles. The van der Waals surface area contributed by atoms with Gasteiger partial charge in [-0.25, -0.2) is 0 Å². The number of rotatable bonds is 4. The van der Waals surface area contributed by atoms with E-state index >= 15 is 0 Å². The lowest BCUT2D eigenvalue weighted by atomic mass is 10.0. The van der Waals surface area contributed by atoms with E-state index in [0.29, 0.717) is 0 Å². The van der Waals surface area contributed by atoms with E-state index in [9.17, 15) is 5.11 Å². The molecule has 6 heteroatoms. The standard InChI is InChI=1S/C14H19BrN4O/c1-5-12-10(6-9(4)17-18-12)14(20)13-11(15)7-16-19(13)8(2)3/h6-8,14,20H,5H2,1-4H3. The maximum absolute atomic E-state index is 10.8. The van der Waals surface area contributed by atoms with Gasteiger partial charge in [0, 0.05) is 11.6 Å². The largest absolute Gasteiger partial charge is 0.382 e. The predicted molar refractivity (Wildman–Crippen MR) is 80.5 cm³/mol. The van der Waals surface area contributed by atoms with Crippen LogP contribution in [0.3, 0.4) is 0 Å². The van der Waals surface area contributed by atoms with Crippen molar-refractivity contribution < 1.29 is 5.11 Å². The van der Waals surface area contributed by atoms with Crippen LogP contribution in [0.15, 0.2) is 16.7 Å². The maximum Gasteiger partial charge on any atom is 0.124 e. The van der Waals surface area contributed by atoms with Crippen molar-refractivity contribution in [3.63, 3.8) is 0 Å². The van der Waals surface area contributed by atoms with Crippen molar-refractivity contribution in [2.75, 3.05) is 0 Å². The lowest BCUT2D eigenvalue weighted by molar-refractivity contribution is 0.202. The van der Waals surface area contributed by atoms with Crippen molar-refractivity contribution >= 4 is 15.9 Å². The van der Waals surface area contributed by atoms with E-state index in [-0.39, 0.29) is 6.04 Å². The van der Waals surface area contributed by atoms with Crippen LogP contribution in [0.5, 0.6) is 0 Å². The first kappa shape index (κ1) is 15.1. The molecule has 1 unspecified atom stereocenters. The highest BCUT2D eigenvalue weighted by Crippen LogP contribution is 2.31. The van der Waals surface area contributed by atoms with Gasteiger partial charge < -0.3 is 5.11 Å². The number of aryl methyl sites for hydroxylation is 2. The van der Waals surface area contributed by atoms with Gasteiger partial charge in [0.15, 0.2) is 0 Å². The van der Waals surface area contributed by atoms with Crippen LogP contribution in [0.1, 0.15) is 55.6 Å². The average Bonchev–Trinajstić information content (AvgIpc) is 2.80. The molecular weight excluding hydrogens is 320 g/mol. The zero-order valence-electron chi connectivity index (χ0n) is 12.1. The molecule has 0 aliphatic rings. The summed E-state index contributed by atoms with van der Waals surface area (Å²) < 4.78 is 2.62. The first-order valence-corrected chi connectivity index (χ1v) is 7.49. The second-order valence-corrected chi connectivity index (χ2v) is 5.91. The number of aromatic nitrogens is 4. The Labute approximate surface area is 127 Å². The summed E-state index contributed by atoms with van der Waals surface area (Å²) in [6, 6.07) is 2.06. The van der Waals surface area contributed by atoms with E-state index < -0.39 is 6.10 Å². The van der Waals surface area contributed by atoms with E-state index in [1.807, 2.05) is 38.4 Å². The number of nitrogens with zero attached hydrogens (tertiary/aromatic N) is 4. The van der Waals surface area contributed by atoms with Gasteiger partial charge in [-0.1, -0.05) is 6.92 Å². The van der Waals surface area contributed by atoms with E-state index in [0.717, 1.165) is 33.5 Å². The van der Waals surface area contributed by atoms with E-state index in [4.69, 9.17) is 0 Å². The van der Waals surface area contributed by atoms with Gasteiger partial charge in [-0.3, -0.25) is 4.68 Å². The summed E-state index contributed by atoms with van der Waals surface area (Å²) in [5, 5.41) is 23.3. The molecule has 0 saturated heterocycles. The third-order valence-corrected chi connectivity index (χ3v) is 3.80. The van der Waals surface area contributed by atoms with Gasteiger partial charge in [-0.05, 0) is 49.2 Å². The fraction of sp³-hybridized carbons (Fsp3) is 0.500. The van der Waals surface area contributed by atoms with Crippen LogP contribution in [-0.2, 0) is 6.42 Å². The lowest BCUT2D eigenvalue weighted by Gasteiger charge is -2.18. The molecule has 0 fully saturated rings. The molecule has 0 saturated carbocycles. The van der Waals surface area contributed by atoms with E-state index in [1.165, 1.54) is 0 Å². The molecule has 1 atom stereocenters. The Morgan fingerprint density at radius 1 is 1.35 bits per heavy atom. The van der Waals surface area contributed by atoms with Crippen molar-refractivity contribution in [3.8, 4) is 0 Å². The second-order valence-electron chi connectivity index (χ2n) is 5.06. The van der Waals surface area contributed by atoms with Crippen LogP contribution in [0.4, 0.5) is 0 Å². The molecule has 108 valence electrons. The summed E-state index contributed by atoms with van der Waals surface area (Å²) in [6.07, 6.45) is 1.68. The fourth-order valence-corrected chi connectivity index (χ4v) is 2.70. The summed E-state index contributed by atoms with van der Waals surface area (Å²) in [4.78, 5) is 0. The number of aliphatic hydroxyl groups excluding tert-OH is 1. The Balaban J connectivity index is 2.54. The number of aliphatic hydroxyl groups is 1. The third-order valence-electron chi connectivity index (χ3n) is 3.19. The van der Waals surface area contributed by atoms with Gasteiger partial charge in [-0.2, -0.15) is 15.3 Å². The highest BCUT2D eigenvalue weighted by Gasteiger charge is 2.23. The molecule has 2 aromatic rings. The highest BCUT2D eigenvalue weighted by atomic mass is 79.9. The summed E-state index contributed by atoms with van der Waals surface area (Å²) >= 11 is 3.47. The molecule has 0 amide bonds. The van der Waals surface area contributed by atoms with E-state index in [2.05, 4.69) is 31.2 Å². The molecule has 20 heavy (non-hydrogen) atoms. The molecular formula is C14H19BrN4O. The summed E-state index contributed by atoms with van der Waals surface area (Å²) in [5.74, 6) is 0. The molecule has 0 aliphatic carbocycles. The number of halogens is 1. The quantitative estimate of drug-likeness (QED) is 0.930. The minimum absolute atomic E-state index is 0.173. The van der Waals surface area contributed by atoms with Gasteiger partial charge >= 0.3 is 0 Å². The van der Waals surface area contributed by atoms with Crippen molar-refractivity contribution in [1.29, 1.82) is 0 Å². The normalized spacial score (nSPS) is 12.9. The third kappa shape index (κ3) is 2.76. The topological polar surface area (TPSA) is 63.8 Å². The van der Waals surface area contributed by atoms with Gasteiger partial charge in [0.2, 0.25) is 0 Å². The van der Waals surface area contributed by atoms with Crippen LogP contribution in [0, 0.1) is 6.92 Å². The van der Waals surface area contributed by atoms with Crippen LogP contribution in [0.2, 0.25) is 0 Å². The van der Waals surface area contributed by atoms with Gasteiger partial charge in [0.1, 0.15) is 6.10 Å². The zero-order valence-corrected chi connectivity index (χ0v) is 13.7. The number of hydrogen-bond donors (Lipinski definition) is 1. The average molecular weight is 339 g/mol. The molecule has 5 nitrogen and oxygen atoms in total. The van der Waals surface area contributed by atoms with Crippen LogP contribution >= 0.6 is 15.9 Å². The summed E-state index contributed by atoms with van der Waals surface area (Å²) in [5.41, 5.74) is 3.15. The van der Waals surface area contributed by atoms with Crippen LogP contribution in [0.25, 0.3) is 0 Å². The van der Waals surface area contributed by atoms with Crippen LogP contribution in [-0.4, -0.2) is 25.1 Å². The fourth-order valence-electron chi connectivity index (χ4n) is 2.21. The first-order chi connectivity index (χ1) is 9.45. The van der Waals surface area contributed by atoms with Crippen molar-refractivity contribution in [1.82, 2.24) is 20.0 Å². The van der Waals surface area contributed by atoms with E-state index in [1.54, 1.807) is 6.20 Å². The molecule has 0 bridgehead atoms. The maximum atomic E-state index is 10.8. The summed E-state index contributed by atoms with van der Waals surface area (Å²) in [7, 11) is 0. The predicted octanol–water partition coefficient (Wildman–Crippen LogP) is 2.97. The summed E-state index contributed by atoms with van der Waals surface area (Å²) in [6.45, 7) is 7.95. The van der Waals surface area contributed by atoms with Crippen molar-refractivity contribution in [2.24, 2.45) is 0 Å². The monoisotopic (exact) mass is 338 g/mol. The minimum Gasteiger partial charge on any atom is -0.382 e. The Hall–Kier alpha value is -1.27. The lowest BCUT2D eigenvalue weighted by Crippen LogP contribution is -2.15. The number of hydrogen-bond acceptors (Lipinski definition) is 4. The van der Waals surface area contributed by atoms with Crippen molar-refractivity contribution in [2.45, 2.75) is 46.3 Å².